The summed E-state index contributed by atoms with van der Waals surface area (Å²) in [5.41, 5.74) is 0.422. The van der Waals surface area contributed by atoms with Gasteiger partial charge < -0.3 is 9.15 Å². The van der Waals surface area contributed by atoms with Gasteiger partial charge in [0.15, 0.2) is 5.43 Å². The Morgan fingerprint density at radius 1 is 1.00 bits per heavy atom. The first-order valence-corrected chi connectivity index (χ1v) is 13.0. The van der Waals surface area contributed by atoms with Gasteiger partial charge in [-0.3, -0.25) is 14.5 Å². The van der Waals surface area contributed by atoms with Gasteiger partial charge in [0, 0.05) is 6.42 Å². The van der Waals surface area contributed by atoms with Crippen LogP contribution < -0.4 is 15.1 Å². The van der Waals surface area contributed by atoms with Crippen molar-refractivity contribution in [1.29, 1.82) is 0 Å². The molecule has 1 unspecified atom stereocenters. The first-order valence-electron chi connectivity index (χ1n) is 12.1. The van der Waals surface area contributed by atoms with Gasteiger partial charge in [-0.05, 0) is 53.9 Å². The molecule has 3 heterocycles. The van der Waals surface area contributed by atoms with Gasteiger partial charge in [-0.25, -0.2) is 4.39 Å². The van der Waals surface area contributed by atoms with E-state index in [1.54, 1.807) is 18.2 Å². The number of hydrogen-bond acceptors (Lipinski definition) is 7. The SMILES string of the molecule is CC(C)Cc1nnc(N2C(=O)c3oc4ccc(F)cc4c(=O)c3C2c2cccc(Oc3ccccc3)c2)s1. The van der Waals surface area contributed by atoms with Crippen molar-refractivity contribution in [3.05, 3.63) is 111 Å². The second-order valence-electron chi connectivity index (χ2n) is 9.46. The second-order valence-corrected chi connectivity index (χ2v) is 10.5. The van der Waals surface area contributed by atoms with Crippen LogP contribution in [0.15, 0.2) is 82.0 Å². The van der Waals surface area contributed by atoms with Crippen molar-refractivity contribution in [2.45, 2.75) is 26.3 Å². The molecule has 0 saturated carbocycles. The number of para-hydroxylation sites is 1. The molecule has 1 aliphatic rings. The van der Waals surface area contributed by atoms with Crippen molar-refractivity contribution in [3.63, 3.8) is 0 Å². The summed E-state index contributed by atoms with van der Waals surface area (Å²) in [4.78, 5) is 29.0. The number of carbonyl (C=O) groups is 1. The highest BCUT2D eigenvalue weighted by atomic mass is 32.1. The number of benzene rings is 3. The molecule has 6 rings (SSSR count). The third kappa shape index (κ3) is 4.24. The first-order chi connectivity index (χ1) is 18.4. The van der Waals surface area contributed by atoms with E-state index in [4.69, 9.17) is 9.15 Å². The number of amides is 1. The van der Waals surface area contributed by atoms with Crippen molar-refractivity contribution in [2.75, 3.05) is 4.90 Å². The molecule has 38 heavy (non-hydrogen) atoms. The molecule has 0 spiro atoms. The molecule has 3 aromatic carbocycles. The monoisotopic (exact) mass is 527 g/mol. The third-order valence-electron chi connectivity index (χ3n) is 6.23. The van der Waals surface area contributed by atoms with Crippen LogP contribution in [-0.4, -0.2) is 16.1 Å². The number of hydrogen-bond donors (Lipinski definition) is 0. The molecule has 2 aromatic heterocycles. The van der Waals surface area contributed by atoms with Gasteiger partial charge in [0.25, 0.3) is 5.91 Å². The molecular formula is C29H22FN3O4S. The number of carbonyl (C=O) groups excluding carboxylic acids is 1. The molecule has 5 aromatic rings. The molecule has 1 amide bonds. The van der Waals surface area contributed by atoms with Crippen molar-refractivity contribution >= 4 is 33.3 Å². The van der Waals surface area contributed by atoms with Crippen LogP contribution >= 0.6 is 11.3 Å². The molecule has 0 bridgehead atoms. The Bertz CT molecular complexity index is 1730. The fourth-order valence-corrected chi connectivity index (χ4v) is 5.68. The fourth-order valence-electron chi connectivity index (χ4n) is 4.60. The van der Waals surface area contributed by atoms with Crippen LogP contribution in [0.3, 0.4) is 0 Å². The lowest BCUT2D eigenvalue weighted by Gasteiger charge is -2.22. The molecule has 0 saturated heterocycles. The van der Waals surface area contributed by atoms with E-state index in [1.165, 1.54) is 28.4 Å². The van der Waals surface area contributed by atoms with Gasteiger partial charge >= 0.3 is 0 Å². The van der Waals surface area contributed by atoms with E-state index in [0.717, 1.165) is 11.1 Å². The lowest BCUT2D eigenvalue weighted by atomic mass is 9.98. The van der Waals surface area contributed by atoms with Gasteiger partial charge in [0.1, 0.15) is 27.9 Å². The van der Waals surface area contributed by atoms with Crippen LogP contribution in [0.2, 0.25) is 0 Å². The number of aromatic nitrogens is 2. The minimum absolute atomic E-state index is 0.0675. The Labute approximate surface area is 221 Å². The lowest BCUT2D eigenvalue weighted by molar-refractivity contribution is 0.0970. The van der Waals surface area contributed by atoms with Gasteiger partial charge in [0.2, 0.25) is 10.9 Å². The number of halogens is 1. The number of fused-ring (bicyclic) bond motifs is 2. The van der Waals surface area contributed by atoms with Crippen LogP contribution in [0.25, 0.3) is 11.0 Å². The molecule has 7 nitrogen and oxygen atoms in total. The van der Waals surface area contributed by atoms with Gasteiger partial charge in [0.05, 0.1) is 17.0 Å². The average molecular weight is 528 g/mol. The summed E-state index contributed by atoms with van der Waals surface area (Å²) in [6, 6.07) is 19.3. The van der Waals surface area contributed by atoms with Crippen molar-refractivity contribution in [3.8, 4) is 11.5 Å². The van der Waals surface area contributed by atoms with Crippen LogP contribution in [0.4, 0.5) is 9.52 Å². The maximum absolute atomic E-state index is 14.1. The maximum atomic E-state index is 14.1. The predicted molar refractivity (Wildman–Crippen MR) is 143 cm³/mol. The van der Waals surface area contributed by atoms with Gasteiger partial charge in [-0.1, -0.05) is 55.5 Å². The highest BCUT2D eigenvalue weighted by Gasteiger charge is 2.45. The lowest BCUT2D eigenvalue weighted by Crippen LogP contribution is -2.29. The van der Waals surface area contributed by atoms with E-state index in [-0.39, 0.29) is 22.3 Å². The first kappa shape index (κ1) is 24.0. The maximum Gasteiger partial charge on any atom is 0.297 e. The Balaban J connectivity index is 1.52. The zero-order valence-corrected chi connectivity index (χ0v) is 21.4. The zero-order chi connectivity index (χ0) is 26.4. The van der Waals surface area contributed by atoms with Gasteiger partial charge in [-0.15, -0.1) is 10.2 Å². The highest BCUT2D eigenvalue weighted by Crippen LogP contribution is 2.43. The quantitative estimate of drug-likeness (QED) is 0.250. The van der Waals surface area contributed by atoms with E-state index < -0.39 is 23.2 Å². The molecule has 0 aliphatic carbocycles. The van der Waals surface area contributed by atoms with Crippen LogP contribution in [-0.2, 0) is 6.42 Å². The standard InChI is InChI=1S/C29H22FN3O4S/c1-16(2)13-23-31-32-29(38-23)33-25(17-7-6-10-20(14-17)36-19-8-4-3-5-9-19)24-26(34)21-15-18(30)11-12-22(21)37-27(24)28(33)35/h3-12,14-16,25H,13H2,1-2H3. The van der Waals surface area contributed by atoms with E-state index in [9.17, 15) is 14.0 Å². The van der Waals surface area contributed by atoms with Crippen molar-refractivity contribution in [1.82, 2.24) is 10.2 Å². The summed E-state index contributed by atoms with van der Waals surface area (Å²) in [6.07, 6.45) is 0.706. The second kappa shape index (κ2) is 9.50. The smallest absolute Gasteiger partial charge is 0.297 e. The van der Waals surface area contributed by atoms with Gasteiger partial charge in [-0.2, -0.15) is 0 Å². The number of anilines is 1. The van der Waals surface area contributed by atoms with Crippen molar-refractivity contribution < 1.29 is 18.3 Å². The molecule has 0 N–H and O–H groups in total. The Morgan fingerprint density at radius 2 is 1.79 bits per heavy atom. The molecule has 1 atom stereocenters. The normalized spacial score (nSPS) is 14.9. The summed E-state index contributed by atoms with van der Waals surface area (Å²) in [7, 11) is 0. The Morgan fingerprint density at radius 3 is 2.58 bits per heavy atom. The summed E-state index contributed by atoms with van der Waals surface area (Å²) >= 11 is 1.30. The van der Waals surface area contributed by atoms with E-state index in [2.05, 4.69) is 24.0 Å². The number of ether oxygens (including phenoxy) is 1. The average Bonchev–Trinajstić information content (AvgIpc) is 3.47. The molecule has 1 aliphatic heterocycles. The minimum atomic E-state index is -0.861. The van der Waals surface area contributed by atoms with E-state index in [1.807, 2.05) is 36.4 Å². The molecule has 0 radical (unpaired) electrons. The molecule has 0 fully saturated rings. The number of nitrogens with zero attached hydrogens (tertiary/aromatic N) is 3. The fraction of sp³-hybridized carbons (Fsp3) is 0.172. The Kier molecular flexibility index (Phi) is 6.00. The van der Waals surface area contributed by atoms with E-state index in [0.29, 0.717) is 34.5 Å². The summed E-state index contributed by atoms with van der Waals surface area (Å²) in [5, 5.41) is 9.79. The molecule has 190 valence electrons. The Hall–Kier alpha value is -4.37. The third-order valence-corrected chi connectivity index (χ3v) is 7.17. The summed E-state index contributed by atoms with van der Waals surface area (Å²) in [6.45, 7) is 4.15. The molecular weight excluding hydrogens is 505 g/mol. The van der Waals surface area contributed by atoms with Crippen LogP contribution in [0.1, 0.15) is 46.6 Å². The summed E-state index contributed by atoms with van der Waals surface area (Å²) < 4.78 is 26.0. The minimum Gasteiger partial charge on any atom is -0.457 e. The zero-order valence-electron chi connectivity index (χ0n) is 20.6. The highest BCUT2D eigenvalue weighted by molar-refractivity contribution is 7.15. The number of rotatable bonds is 6. The van der Waals surface area contributed by atoms with E-state index >= 15 is 0 Å². The largest absolute Gasteiger partial charge is 0.457 e. The topological polar surface area (TPSA) is 85.5 Å². The summed E-state index contributed by atoms with van der Waals surface area (Å²) in [5.74, 6) is 0.372. The molecule has 9 heteroatoms. The van der Waals surface area contributed by atoms with Crippen molar-refractivity contribution in [2.24, 2.45) is 5.92 Å². The van der Waals surface area contributed by atoms with Crippen LogP contribution in [0, 0.1) is 11.7 Å². The predicted octanol–water partition coefficient (Wildman–Crippen LogP) is 6.52. The van der Waals surface area contributed by atoms with Crippen LogP contribution in [0.5, 0.6) is 11.5 Å².